The molecule has 3 N–H and O–H groups in total. The molecule has 0 bridgehead atoms. The van der Waals surface area contributed by atoms with Crippen molar-refractivity contribution >= 4 is 28.8 Å². The first-order valence-corrected chi connectivity index (χ1v) is 13.4. The van der Waals surface area contributed by atoms with Crippen LogP contribution in [0.2, 0.25) is 0 Å². The lowest BCUT2D eigenvalue weighted by atomic mass is 9.96. The first-order valence-electron chi connectivity index (χ1n) is 13.4. The van der Waals surface area contributed by atoms with Crippen molar-refractivity contribution < 1.29 is 19.0 Å². The van der Waals surface area contributed by atoms with E-state index in [4.69, 9.17) is 14.2 Å². The van der Waals surface area contributed by atoms with Gasteiger partial charge in [-0.25, -0.2) is 14.8 Å². The second kappa shape index (κ2) is 11.5. The number of amides is 1. The third kappa shape index (κ3) is 5.93. The maximum Gasteiger partial charge on any atom is 0.407 e. The number of nitrogens with zero attached hydrogens (tertiary/aromatic N) is 6. The van der Waals surface area contributed by atoms with Gasteiger partial charge in [0.2, 0.25) is 0 Å². The summed E-state index contributed by atoms with van der Waals surface area (Å²) >= 11 is 0. The molecule has 13 nitrogen and oxygen atoms in total. The Labute approximate surface area is 225 Å². The van der Waals surface area contributed by atoms with E-state index in [0.29, 0.717) is 31.5 Å². The Kier molecular flexibility index (Phi) is 7.50. The Morgan fingerprint density at radius 1 is 1.26 bits per heavy atom. The largest absolute Gasteiger partial charge is 0.446 e. The van der Waals surface area contributed by atoms with Gasteiger partial charge in [0.05, 0.1) is 25.4 Å². The molecule has 1 saturated heterocycles. The number of carbonyl (C=O) groups is 1. The number of hydrogen-bond donors (Lipinski definition) is 3. The summed E-state index contributed by atoms with van der Waals surface area (Å²) in [4.78, 5) is 25.3. The second-order valence-corrected chi connectivity index (χ2v) is 10.2. The van der Waals surface area contributed by atoms with Crippen LogP contribution in [-0.4, -0.2) is 68.1 Å². The fraction of sp³-hybridized carbons (Fsp3) is 0.538. The summed E-state index contributed by atoms with van der Waals surface area (Å²) < 4.78 is 18.8. The number of rotatable bonds is 8. The topological polar surface area (TPSA) is 150 Å². The average molecular weight is 536 g/mol. The van der Waals surface area contributed by atoms with E-state index >= 15 is 0 Å². The maximum atomic E-state index is 12.3. The van der Waals surface area contributed by atoms with Crippen LogP contribution < -0.4 is 16.1 Å². The molecular weight excluding hydrogens is 502 g/mol. The van der Waals surface area contributed by atoms with Gasteiger partial charge in [-0.05, 0) is 43.2 Å². The highest BCUT2D eigenvalue weighted by Gasteiger charge is 2.35. The monoisotopic (exact) mass is 535 g/mol. The number of aromatic nitrogens is 5. The SMILES string of the molecule is Cn1nc(COC2CCOC2)c2ncnc(NC3=NNC(C4CCC(OC(=O)NCc5cccnc5)C4)C3)c21. The summed E-state index contributed by atoms with van der Waals surface area (Å²) in [6.45, 7) is 2.12. The summed E-state index contributed by atoms with van der Waals surface area (Å²) in [5, 5.41) is 15.4. The lowest BCUT2D eigenvalue weighted by Crippen LogP contribution is -2.30. The molecule has 13 heteroatoms. The summed E-state index contributed by atoms with van der Waals surface area (Å²) in [7, 11) is 1.88. The number of carbonyl (C=O) groups excluding carboxylic acids is 1. The number of pyridine rings is 1. The van der Waals surface area contributed by atoms with Gasteiger partial charge in [-0.3, -0.25) is 9.67 Å². The molecule has 0 aromatic carbocycles. The minimum Gasteiger partial charge on any atom is -0.446 e. The van der Waals surface area contributed by atoms with Gasteiger partial charge >= 0.3 is 6.09 Å². The van der Waals surface area contributed by atoms with E-state index in [1.54, 1.807) is 17.1 Å². The van der Waals surface area contributed by atoms with Crippen molar-refractivity contribution in [3.05, 3.63) is 42.1 Å². The first kappa shape index (κ1) is 25.4. The van der Waals surface area contributed by atoms with E-state index in [1.165, 1.54) is 6.33 Å². The van der Waals surface area contributed by atoms with Gasteiger partial charge in [0.1, 0.15) is 35.0 Å². The van der Waals surface area contributed by atoms with E-state index in [1.807, 2.05) is 19.2 Å². The van der Waals surface area contributed by atoms with Gasteiger partial charge in [-0.15, -0.1) is 0 Å². The van der Waals surface area contributed by atoms with Crippen molar-refractivity contribution in [2.45, 2.75) is 63.5 Å². The highest BCUT2D eigenvalue weighted by molar-refractivity contribution is 6.01. The number of hydrogen-bond acceptors (Lipinski definition) is 11. The molecule has 39 heavy (non-hydrogen) atoms. The number of hydrazone groups is 1. The van der Waals surface area contributed by atoms with Crippen LogP contribution in [0.3, 0.4) is 0 Å². The zero-order chi connectivity index (χ0) is 26.6. The molecule has 1 saturated carbocycles. The Morgan fingerprint density at radius 3 is 3.05 bits per heavy atom. The van der Waals surface area contributed by atoms with Gasteiger partial charge in [-0.2, -0.15) is 10.2 Å². The molecule has 5 heterocycles. The lowest BCUT2D eigenvalue weighted by molar-refractivity contribution is 0.0304. The fourth-order valence-electron chi connectivity index (χ4n) is 5.47. The fourth-order valence-corrected chi connectivity index (χ4v) is 5.47. The molecule has 3 aliphatic rings. The summed E-state index contributed by atoms with van der Waals surface area (Å²) in [5.41, 5.74) is 6.54. The van der Waals surface area contributed by atoms with Gasteiger partial charge in [0.25, 0.3) is 0 Å². The van der Waals surface area contributed by atoms with Crippen LogP contribution in [0, 0.1) is 5.92 Å². The van der Waals surface area contributed by atoms with Crippen LogP contribution in [0.4, 0.5) is 10.6 Å². The highest BCUT2D eigenvalue weighted by Crippen LogP contribution is 2.33. The van der Waals surface area contributed by atoms with Crippen molar-refractivity contribution in [1.29, 1.82) is 0 Å². The van der Waals surface area contributed by atoms with E-state index < -0.39 is 6.09 Å². The van der Waals surface area contributed by atoms with Crippen molar-refractivity contribution in [1.82, 2.24) is 35.5 Å². The molecule has 3 aromatic rings. The minimum absolute atomic E-state index is 0.0964. The molecule has 1 aliphatic carbocycles. The third-order valence-electron chi connectivity index (χ3n) is 7.50. The zero-order valence-electron chi connectivity index (χ0n) is 21.9. The predicted octanol–water partition coefficient (Wildman–Crippen LogP) is 2.25. The van der Waals surface area contributed by atoms with Crippen LogP contribution >= 0.6 is 0 Å². The lowest BCUT2D eigenvalue weighted by Gasteiger charge is -2.18. The van der Waals surface area contributed by atoms with E-state index in [9.17, 15) is 4.79 Å². The van der Waals surface area contributed by atoms with Gasteiger partial charge in [0.15, 0.2) is 5.82 Å². The number of anilines is 1. The second-order valence-electron chi connectivity index (χ2n) is 10.2. The molecule has 206 valence electrons. The van der Waals surface area contributed by atoms with Crippen molar-refractivity contribution in [3.8, 4) is 0 Å². The van der Waals surface area contributed by atoms with Crippen LogP contribution in [0.25, 0.3) is 11.0 Å². The average Bonchev–Trinajstić information content (AvgIpc) is 3.76. The van der Waals surface area contributed by atoms with Crippen LogP contribution in [0.1, 0.15) is 43.4 Å². The van der Waals surface area contributed by atoms with E-state index in [2.05, 4.69) is 41.2 Å². The van der Waals surface area contributed by atoms with Crippen LogP contribution in [0.5, 0.6) is 0 Å². The summed E-state index contributed by atoms with van der Waals surface area (Å²) in [5.74, 6) is 1.82. The van der Waals surface area contributed by atoms with Gasteiger partial charge in [-0.1, -0.05) is 6.07 Å². The maximum absolute atomic E-state index is 12.3. The number of aryl methyl sites for hydroxylation is 1. The number of fused-ring (bicyclic) bond motifs is 1. The Balaban J connectivity index is 1.00. The molecule has 0 spiro atoms. The quantitative estimate of drug-likeness (QED) is 0.392. The molecule has 2 fully saturated rings. The standard InChI is InChI=1S/C26H33N9O4/c1-35-24-23(21(34-35)14-38-19-6-8-37-13-19)29-15-30-25(24)31-22-10-20(32-33-22)17-4-5-18(9-17)39-26(36)28-12-16-3-2-7-27-11-16/h2-3,7,11,15,17-20,32H,4-6,8-10,12-14H2,1H3,(H,28,36)(H,29,30,31,33). The van der Waals surface area contributed by atoms with Gasteiger partial charge < -0.3 is 30.3 Å². The van der Waals surface area contributed by atoms with E-state index in [0.717, 1.165) is 66.8 Å². The van der Waals surface area contributed by atoms with Crippen LogP contribution in [-0.2, 0) is 34.4 Å². The molecule has 4 unspecified atom stereocenters. The smallest absolute Gasteiger partial charge is 0.407 e. The highest BCUT2D eigenvalue weighted by atomic mass is 16.6. The molecule has 6 rings (SSSR count). The Hall–Kier alpha value is -3.84. The number of alkyl carbamates (subject to hydrolysis) is 1. The molecular formula is C26H33N9O4. The Bertz CT molecular complexity index is 1330. The van der Waals surface area contributed by atoms with Crippen molar-refractivity contribution in [3.63, 3.8) is 0 Å². The number of ether oxygens (including phenoxy) is 3. The molecule has 1 amide bonds. The third-order valence-corrected chi connectivity index (χ3v) is 7.50. The molecule has 4 atom stereocenters. The predicted molar refractivity (Wildman–Crippen MR) is 142 cm³/mol. The molecule has 3 aromatic heterocycles. The van der Waals surface area contributed by atoms with Crippen LogP contribution in [0.15, 0.2) is 36.0 Å². The normalized spacial score (nSPS) is 24.5. The summed E-state index contributed by atoms with van der Waals surface area (Å²) in [6.07, 6.45) is 8.80. The number of amidine groups is 1. The summed E-state index contributed by atoms with van der Waals surface area (Å²) in [6, 6.07) is 3.92. The molecule has 0 radical (unpaired) electrons. The zero-order valence-corrected chi connectivity index (χ0v) is 21.9. The van der Waals surface area contributed by atoms with Gasteiger partial charge in [0, 0.05) is 39.0 Å². The Morgan fingerprint density at radius 2 is 2.21 bits per heavy atom. The molecule has 2 aliphatic heterocycles. The number of nitrogens with one attached hydrogen (secondary N) is 3. The van der Waals surface area contributed by atoms with E-state index in [-0.39, 0.29) is 18.2 Å². The first-order chi connectivity index (χ1) is 19.1. The van der Waals surface area contributed by atoms with Crippen molar-refractivity contribution in [2.24, 2.45) is 18.1 Å². The minimum atomic E-state index is -0.396. The van der Waals surface area contributed by atoms with Crippen molar-refractivity contribution in [2.75, 3.05) is 18.5 Å².